The van der Waals surface area contributed by atoms with E-state index in [2.05, 4.69) is 37.1 Å². The van der Waals surface area contributed by atoms with Crippen LogP contribution in [0, 0.1) is 0 Å². The summed E-state index contributed by atoms with van der Waals surface area (Å²) in [5.74, 6) is 0.837. The van der Waals surface area contributed by atoms with Crippen LogP contribution in [0.3, 0.4) is 0 Å². The maximum atomic E-state index is 5.69. The van der Waals surface area contributed by atoms with Gasteiger partial charge < -0.3 is 14.8 Å². The first-order valence-corrected chi connectivity index (χ1v) is 8.10. The minimum Gasteiger partial charge on any atom is -0.492 e. The molecule has 2 unspecified atom stereocenters. The number of hydrogen-bond acceptors (Lipinski definition) is 4. The van der Waals surface area contributed by atoms with E-state index in [-0.39, 0.29) is 12.1 Å². The quantitative estimate of drug-likeness (QED) is 0.675. The van der Waals surface area contributed by atoms with E-state index in [1.54, 1.807) is 13.3 Å². The Balaban J connectivity index is 2.89. The standard InChI is InChI=1S/C17H30N2O2/c1-5-8-16(20-4)17(19-9-6-2)14-11-15(13-18-12-14)21-10-7-3/h11-13,16-17,19H,5-10H2,1-4H3. The van der Waals surface area contributed by atoms with Gasteiger partial charge in [0.15, 0.2) is 0 Å². The van der Waals surface area contributed by atoms with Gasteiger partial charge in [0, 0.05) is 13.3 Å². The zero-order chi connectivity index (χ0) is 15.5. The van der Waals surface area contributed by atoms with Crippen molar-refractivity contribution in [3.05, 3.63) is 24.0 Å². The first-order valence-electron chi connectivity index (χ1n) is 8.10. The van der Waals surface area contributed by atoms with Gasteiger partial charge in [0.1, 0.15) is 5.75 Å². The summed E-state index contributed by atoms with van der Waals surface area (Å²) in [6.07, 6.45) is 8.06. The van der Waals surface area contributed by atoms with Crippen LogP contribution >= 0.6 is 0 Å². The van der Waals surface area contributed by atoms with Crippen molar-refractivity contribution >= 4 is 0 Å². The molecule has 120 valence electrons. The molecule has 0 aliphatic carbocycles. The van der Waals surface area contributed by atoms with Crippen molar-refractivity contribution in [2.24, 2.45) is 0 Å². The Labute approximate surface area is 129 Å². The van der Waals surface area contributed by atoms with Crippen LogP contribution in [0.5, 0.6) is 5.75 Å². The topological polar surface area (TPSA) is 43.4 Å². The van der Waals surface area contributed by atoms with Crippen molar-refractivity contribution in [2.45, 2.75) is 58.6 Å². The number of hydrogen-bond donors (Lipinski definition) is 1. The summed E-state index contributed by atoms with van der Waals surface area (Å²) in [5.41, 5.74) is 1.14. The number of ether oxygens (including phenoxy) is 2. The van der Waals surface area contributed by atoms with E-state index in [1.807, 2.05) is 6.20 Å². The zero-order valence-corrected chi connectivity index (χ0v) is 13.9. The van der Waals surface area contributed by atoms with Crippen molar-refractivity contribution in [1.29, 1.82) is 0 Å². The fraction of sp³-hybridized carbons (Fsp3) is 0.706. The summed E-state index contributed by atoms with van der Waals surface area (Å²) in [5, 5.41) is 3.58. The number of methoxy groups -OCH3 is 1. The van der Waals surface area contributed by atoms with Crippen LogP contribution in [0.25, 0.3) is 0 Å². The highest BCUT2D eigenvalue weighted by molar-refractivity contribution is 5.27. The molecule has 0 fully saturated rings. The maximum absolute atomic E-state index is 5.69. The van der Waals surface area contributed by atoms with Gasteiger partial charge in [-0.3, -0.25) is 4.98 Å². The van der Waals surface area contributed by atoms with E-state index in [1.165, 1.54) is 0 Å². The van der Waals surface area contributed by atoms with Gasteiger partial charge in [-0.15, -0.1) is 0 Å². The Morgan fingerprint density at radius 1 is 1.14 bits per heavy atom. The highest BCUT2D eigenvalue weighted by atomic mass is 16.5. The normalized spacial score (nSPS) is 13.9. The van der Waals surface area contributed by atoms with Gasteiger partial charge in [0.05, 0.1) is 24.9 Å². The van der Waals surface area contributed by atoms with Crippen LogP contribution in [0.4, 0.5) is 0 Å². The second-order valence-electron chi connectivity index (χ2n) is 5.30. The van der Waals surface area contributed by atoms with Crippen LogP contribution in [-0.2, 0) is 4.74 Å². The molecular weight excluding hydrogens is 264 g/mol. The monoisotopic (exact) mass is 294 g/mol. The Morgan fingerprint density at radius 2 is 1.95 bits per heavy atom. The smallest absolute Gasteiger partial charge is 0.137 e. The second-order valence-corrected chi connectivity index (χ2v) is 5.30. The average molecular weight is 294 g/mol. The summed E-state index contributed by atoms with van der Waals surface area (Å²) in [4.78, 5) is 4.32. The Kier molecular flexibility index (Phi) is 9.02. The number of aromatic nitrogens is 1. The third-order valence-electron chi connectivity index (χ3n) is 3.43. The SMILES string of the molecule is CCCNC(c1cncc(OCCC)c1)C(CCC)OC. The molecule has 0 aromatic carbocycles. The van der Waals surface area contributed by atoms with Gasteiger partial charge in [-0.1, -0.05) is 27.2 Å². The zero-order valence-electron chi connectivity index (χ0n) is 13.9. The van der Waals surface area contributed by atoms with Gasteiger partial charge in [0.2, 0.25) is 0 Å². The van der Waals surface area contributed by atoms with Crippen molar-refractivity contribution in [1.82, 2.24) is 10.3 Å². The molecule has 0 saturated carbocycles. The predicted molar refractivity (Wildman–Crippen MR) is 86.8 cm³/mol. The number of nitrogens with zero attached hydrogens (tertiary/aromatic N) is 1. The molecule has 0 aliphatic rings. The third-order valence-corrected chi connectivity index (χ3v) is 3.43. The summed E-state index contributed by atoms with van der Waals surface area (Å²) in [6, 6.07) is 2.24. The molecule has 4 nitrogen and oxygen atoms in total. The molecule has 0 amide bonds. The second kappa shape index (κ2) is 10.6. The molecule has 0 saturated heterocycles. The third kappa shape index (κ3) is 6.02. The van der Waals surface area contributed by atoms with Gasteiger partial charge in [0.25, 0.3) is 0 Å². The lowest BCUT2D eigenvalue weighted by atomic mass is 9.99. The lowest BCUT2D eigenvalue weighted by Gasteiger charge is -2.27. The summed E-state index contributed by atoms with van der Waals surface area (Å²) >= 11 is 0. The molecule has 1 rings (SSSR count). The molecule has 0 spiro atoms. The van der Waals surface area contributed by atoms with E-state index in [0.29, 0.717) is 0 Å². The largest absolute Gasteiger partial charge is 0.492 e. The molecule has 0 bridgehead atoms. The van der Waals surface area contributed by atoms with Crippen LogP contribution in [-0.4, -0.2) is 31.3 Å². The highest BCUT2D eigenvalue weighted by Crippen LogP contribution is 2.25. The summed E-state index contributed by atoms with van der Waals surface area (Å²) in [7, 11) is 1.78. The Morgan fingerprint density at radius 3 is 2.57 bits per heavy atom. The van der Waals surface area contributed by atoms with Crippen LogP contribution in [0.1, 0.15) is 58.1 Å². The number of rotatable bonds is 11. The first kappa shape index (κ1) is 17.9. The molecular formula is C17H30N2O2. The Hall–Kier alpha value is -1.13. The van der Waals surface area contributed by atoms with E-state index >= 15 is 0 Å². The molecule has 1 N–H and O–H groups in total. The lowest BCUT2D eigenvalue weighted by molar-refractivity contribution is 0.0604. The molecule has 1 aromatic heterocycles. The molecule has 2 atom stereocenters. The van der Waals surface area contributed by atoms with Gasteiger partial charge >= 0.3 is 0 Å². The first-order chi connectivity index (χ1) is 10.3. The van der Waals surface area contributed by atoms with Gasteiger partial charge in [-0.25, -0.2) is 0 Å². The maximum Gasteiger partial charge on any atom is 0.137 e. The van der Waals surface area contributed by atoms with E-state index in [9.17, 15) is 0 Å². The fourth-order valence-electron chi connectivity index (χ4n) is 2.37. The molecule has 21 heavy (non-hydrogen) atoms. The fourth-order valence-corrected chi connectivity index (χ4v) is 2.37. The number of nitrogens with one attached hydrogen (secondary N) is 1. The molecule has 0 aliphatic heterocycles. The van der Waals surface area contributed by atoms with Gasteiger partial charge in [-0.05, 0) is 37.4 Å². The van der Waals surface area contributed by atoms with Crippen molar-refractivity contribution in [3.63, 3.8) is 0 Å². The Bertz CT molecular complexity index is 385. The van der Waals surface area contributed by atoms with Crippen molar-refractivity contribution in [3.8, 4) is 5.75 Å². The molecule has 1 heterocycles. The summed E-state index contributed by atoms with van der Waals surface area (Å²) in [6.45, 7) is 8.15. The minimum absolute atomic E-state index is 0.157. The highest BCUT2D eigenvalue weighted by Gasteiger charge is 2.22. The minimum atomic E-state index is 0.157. The predicted octanol–water partition coefficient (Wildman–Crippen LogP) is 3.73. The molecule has 0 radical (unpaired) electrons. The summed E-state index contributed by atoms with van der Waals surface area (Å²) < 4.78 is 11.4. The van der Waals surface area contributed by atoms with E-state index in [4.69, 9.17) is 9.47 Å². The van der Waals surface area contributed by atoms with E-state index in [0.717, 1.165) is 50.1 Å². The molecule has 4 heteroatoms. The van der Waals surface area contributed by atoms with Crippen LogP contribution in [0.2, 0.25) is 0 Å². The van der Waals surface area contributed by atoms with E-state index < -0.39 is 0 Å². The lowest BCUT2D eigenvalue weighted by Crippen LogP contribution is -2.34. The van der Waals surface area contributed by atoms with Crippen LogP contribution in [0.15, 0.2) is 18.5 Å². The number of pyridine rings is 1. The van der Waals surface area contributed by atoms with Crippen LogP contribution < -0.4 is 10.1 Å². The average Bonchev–Trinajstić information content (AvgIpc) is 2.52. The van der Waals surface area contributed by atoms with Crippen molar-refractivity contribution < 1.29 is 9.47 Å². The van der Waals surface area contributed by atoms with Crippen molar-refractivity contribution in [2.75, 3.05) is 20.3 Å². The van der Waals surface area contributed by atoms with Gasteiger partial charge in [-0.2, -0.15) is 0 Å². The molecule has 1 aromatic rings.